The molecule has 5 nitrogen and oxygen atoms in total. The number of esters is 1. The Morgan fingerprint density at radius 1 is 1.47 bits per heavy atom. The van der Waals surface area contributed by atoms with Gasteiger partial charge in [0.1, 0.15) is 0 Å². The number of aliphatic hydroxyl groups is 1. The first kappa shape index (κ1) is 14.3. The second kappa shape index (κ2) is 8.64. The SMILES string of the molecule is COCC(CCO)NCC(=O)OC(C)C. The summed E-state index contributed by atoms with van der Waals surface area (Å²) < 4.78 is 9.90. The van der Waals surface area contributed by atoms with E-state index in [0.29, 0.717) is 13.0 Å². The molecular weight excluding hydrogens is 198 g/mol. The van der Waals surface area contributed by atoms with Gasteiger partial charge in [-0.15, -0.1) is 0 Å². The number of carbonyl (C=O) groups is 1. The average Bonchev–Trinajstić information content (AvgIpc) is 2.14. The molecule has 0 aromatic heterocycles. The number of hydrogen-bond donors (Lipinski definition) is 2. The second-order valence-electron chi connectivity index (χ2n) is 3.58. The van der Waals surface area contributed by atoms with Gasteiger partial charge in [-0.25, -0.2) is 0 Å². The Hall–Kier alpha value is -0.650. The van der Waals surface area contributed by atoms with E-state index in [9.17, 15) is 4.79 Å². The highest BCUT2D eigenvalue weighted by molar-refractivity contribution is 5.71. The summed E-state index contributed by atoms with van der Waals surface area (Å²) in [5, 5.41) is 11.7. The Kier molecular flexibility index (Phi) is 8.27. The van der Waals surface area contributed by atoms with E-state index >= 15 is 0 Å². The number of methoxy groups -OCH3 is 1. The zero-order valence-electron chi connectivity index (χ0n) is 9.66. The van der Waals surface area contributed by atoms with Crippen molar-refractivity contribution in [3.8, 4) is 0 Å². The molecule has 0 fully saturated rings. The van der Waals surface area contributed by atoms with E-state index in [0.717, 1.165) is 0 Å². The molecule has 0 saturated carbocycles. The van der Waals surface area contributed by atoms with Crippen LogP contribution < -0.4 is 5.32 Å². The quantitative estimate of drug-likeness (QED) is 0.559. The molecule has 0 aliphatic carbocycles. The molecule has 0 saturated heterocycles. The number of carbonyl (C=O) groups excluding carboxylic acids is 1. The zero-order chi connectivity index (χ0) is 11.7. The third-order valence-corrected chi connectivity index (χ3v) is 1.75. The molecule has 0 spiro atoms. The predicted octanol–water partition coefficient (Wildman–Crippen LogP) is -0.0750. The van der Waals surface area contributed by atoms with Gasteiger partial charge in [0.25, 0.3) is 0 Å². The molecule has 5 heteroatoms. The number of nitrogens with one attached hydrogen (secondary N) is 1. The summed E-state index contributed by atoms with van der Waals surface area (Å²) in [5.74, 6) is -0.288. The van der Waals surface area contributed by atoms with Gasteiger partial charge in [-0.1, -0.05) is 0 Å². The molecule has 0 aliphatic heterocycles. The molecule has 0 aliphatic rings. The van der Waals surface area contributed by atoms with Crippen LogP contribution in [0.2, 0.25) is 0 Å². The van der Waals surface area contributed by atoms with Crippen LogP contribution in [0.25, 0.3) is 0 Å². The topological polar surface area (TPSA) is 67.8 Å². The zero-order valence-corrected chi connectivity index (χ0v) is 9.66. The van der Waals surface area contributed by atoms with Crippen LogP contribution in [0.15, 0.2) is 0 Å². The first-order chi connectivity index (χ1) is 7.10. The van der Waals surface area contributed by atoms with Crippen LogP contribution in [0, 0.1) is 0 Å². The van der Waals surface area contributed by atoms with Gasteiger partial charge in [0, 0.05) is 19.8 Å². The lowest BCUT2D eigenvalue weighted by Gasteiger charge is -2.16. The molecule has 90 valence electrons. The highest BCUT2D eigenvalue weighted by Crippen LogP contribution is 1.93. The van der Waals surface area contributed by atoms with Gasteiger partial charge in [-0.2, -0.15) is 0 Å². The number of rotatable bonds is 8. The van der Waals surface area contributed by atoms with Crippen LogP contribution >= 0.6 is 0 Å². The molecule has 0 heterocycles. The summed E-state index contributed by atoms with van der Waals surface area (Å²) in [6.07, 6.45) is 0.459. The Morgan fingerprint density at radius 2 is 2.13 bits per heavy atom. The van der Waals surface area contributed by atoms with Gasteiger partial charge in [0.15, 0.2) is 0 Å². The molecule has 1 unspecified atom stereocenters. The molecule has 0 aromatic rings. The standard InChI is InChI=1S/C10H21NO4/c1-8(2)15-10(13)6-11-9(4-5-12)7-14-3/h8-9,11-12H,4-7H2,1-3H3. The van der Waals surface area contributed by atoms with Crippen molar-refractivity contribution in [3.63, 3.8) is 0 Å². The van der Waals surface area contributed by atoms with Crippen molar-refractivity contribution in [3.05, 3.63) is 0 Å². The van der Waals surface area contributed by atoms with Gasteiger partial charge in [0.2, 0.25) is 0 Å². The number of hydrogen-bond acceptors (Lipinski definition) is 5. The maximum Gasteiger partial charge on any atom is 0.320 e. The second-order valence-corrected chi connectivity index (χ2v) is 3.58. The predicted molar refractivity (Wildman–Crippen MR) is 56.6 cm³/mol. The van der Waals surface area contributed by atoms with Crippen LogP contribution in [0.5, 0.6) is 0 Å². The normalized spacial score (nSPS) is 12.9. The fourth-order valence-electron chi connectivity index (χ4n) is 1.13. The maximum absolute atomic E-state index is 11.2. The molecule has 0 aromatic carbocycles. The lowest BCUT2D eigenvalue weighted by atomic mass is 10.2. The van der Waals surface area contributed by atoms with E-state index in [4.69, 9.17) is 14.6 Å². The van der Waals surface area contributed by atoms with E-state index < -0.39 is 0 Å². The first-order valence-corrected chi connectivity index (χ1v) is 5.12. The molecule has 15 heavy (non-hydrogen) atoms. The minimum atomic E-state index is -0.288. The summed E-state index contributed by atoms with van der Waals surface area (Å²) in [5.41, 5.74) is 0. The van der Waals surface area contributed by atoms with E-state index in [2.05, 4.69) is 5.32 Å². The van der Waals surface area contributed by atoms with Crippen molar-refractivity contribution in [1.82, 2.24) is 5.32 Å². The van der Waals surface area contributed by atoms with Gasteiger partial charge >= 0.3 is 5.97 Å². The molecule has 0 rings (SSSR count). The fourth-order valence-corrected chi connectivity index (χ4v) is 1.13. The summed E-state index contributed by atoms with van der Waals surface area (Å²) in [7, 11) is 1.58. The highest BCUT2D eigenvalue weighted by atomic mass is 16.5. The Morgan fingerprint density at radius 3 is 2.60 bits per heavy atom. The molecule has 0 radical (unpaired) electrons. The largest absolute Gasteiger partial charge is 0.462 e. The monoisotopic (exact) mass is 219 g/mol. The van der Waals surface area contributed by atoms with Crippen LogP contribution in [0.4, 0.5) is 0 Å². The molecule has 0 bridgehead atoms. The maximum atomic E-state index is 11.2. The number of aliphatic hydroxyl groups excluding tert-OH is 1. The number of ether oxygens (including phenoxy) is 2. The third kappa shape index (κ3) is 8.35. The smallest absolute Gasteiger partial charge is 0.320 e. The van der Waals surface area contributed by atoms with Crippen LogP contribution in [-0.2, 0) is 14.3 Å². The Labute approximate surface area is 90.8 Å². The summed E-state index contributed by atoms with van der Waals surface area (Å²) in [4.78, 5) is 11.2. The van der Waals surface area contributed by atoms with Crippen molar-refractivity contribution >= 4 is 5.97 Å². The van der Waals surface area contributed by atoms with Crippen molar-refractivity contribution in [2.24, 2.45) is 0 Å². The van der Waals surface area contributed by atoms with Crippen LogP contribution in [0.3, 0.4) is 0 Å². The van der Waals surface area contributed by atoms with E-state index in [1.807, 2.05) is 0 Å². The molecular formula is C10H21NO4. The molecule has 1 atom stereocenters. The summed E-state index contributed by atoms with van der Waals surface area (Å²) in [6.45, 7) is 4.29. The third-order valence-electron chi connectivity index (χ3n) is 1.75. The van der Waals surface area contributed by atoms with Crippen LogP contribution in [0.1, 0.15) is 20.3 Å². The minimum absolute atomic E-state index is 0.0142. The van der Waals surface area contributed by atoms with Gasteiger partial charge < -0.3 is 19.9 Å². The summed E-state index contributed by atoms with van der Waals surface area (Å²) >= 11 is 0. The first-order valence-electron chi connectivity index (χ1n) is 5.12. The van der Waals surface area contributed by atoms with Crippen LogP contribution in [-0.4, -0.2) is 50.1 Å². The van der Waals surface area contributed by atoms with E-state index in [1.165, 1.54) is 0 Å². The lowest BCUT2D eigenvalue weighted by Crippen LogP contribution is -2.38. The lowest BCUT2D eigenvalue weighted by molar-refractivity contribution is -0.146. The van der Waals surface area contributed by atoms with Crippen molar-refractivity contribution in [2.45, 2.75) is 32.4 Å². The minimum Gasteiger partial charge on any atom is -0.462 e. The summed E-state index contributed by atoms with van der Waals surface area (Å²) in [6, 6.07) is -0.0142. The average molecular weight is 219 g/mol. The van der Waals surface area contributed by atoms with Gasteiger partial charge in [-0.05, 0) is 20.3 Å². The molecule has 2 N–H and O–H groups in total. The van der Waals surface area contributed by atoms with Gasteiger partial charge in [0.05, 0.1) is 19.3 Å². The van der Waals surface area contributed by atoms with Gasteiger partial charge in [-0.3, -0.25) is 4.79 Å². The van der Waals surface area contributed by atoms with E-state index in [-0.39, 0.29) is 31.3 Å². The highest BCUT2D eigenvalue weighted by Gasteiger charge is 2.11. The molecule has 0 amide bonds. The van der Waals surface area contributed by atoms with Crippen molar-refractivity contribution in [2.75, 3.05) is 26.9 Å². The Bertz CT molecular complexity index is 167. The van der Waals surface area contributed by atoms with Crippen molar-refractivity contribution < 1.29 is 19.4 Å². The van der Waals surface area contributed by atoms with Crippen molar-refractivity contribution in [1.29, 1.82) is 0 Å². The Balaban J connectivity index is 3.72. The fraction of sp³-hybridized carbons (Fsp3) is 0.900. The van der Waals surface area contributed by atoms with E-state index in [1.54, 1.807) is 21.0 Å².